The fourth-order valence-corrected chi connectivity index (χ4v) is 2.29. The van der Waals surface area contributed by atoms with Gasteiger partial charge in [0, 0.05) is 13.0 Å². The van der Waals surface area contributed by atoms with Gasteiger partial charge in [-0.2, -0.15) is 0 Å². The van der Waals surface area contributed by atoms with Crippen LogP contribution in [0.4, 0.5) is 0 Å². The summed E-state index contributed by atoms with van der Waals surface area (Å²) in [6.45, 7) is 5.95. The van der Waals surface area contributed by atoms with Crippen molar-refractivity contribution in [2.24, 2.45) is 5.92 Å². The third kappa shape index (κ3) is 4.62. The molecule has 1 heterocycles. The van der Waals surface area contributed by atoms with Crippen LogP contribution in [0.1, 0.15) is 32.8 Å². The minimum atomic E-state index is -0.346. The van der Waals surface area contributed by atoms with Gasteiger partial charge >= 0.3 is 5.97 Å². The first-order valence-corrected chi connectivity index (χ1v) is 7.36. The SMILES string of the molecule is CC(=O)Oc1ccc(COC2=CC(=O)N[C@H]2CC(C)C)cc1. The first-order valence-electron chi connectivity index (χ1n) is 7.36. The van der Waals surface area contributed by atoms with E-state index in [0.717, 1.165) is 12.0 Å². The van der Waals surface area contributed by atoms with Crippen LogP contribution < -0.4 is 10.1 Å². The molecule has 1 aromatic carbocycles. The second kappa shape index (κ2) is 7.11. The summed E-state index contributed by atoms with van der Waals surface area (Å²) in [5.74, 6) is 1.21. The molecule has 0 saturated heterocycles. The van der Waals surface area contributed by atoms with E-state index in [1.54, 1.807) is 12.1 Å². The van der Waals surface area contributed by atoms with Crippen molar-refractivity contribution in [3.8, 4) is 5.75 Å². The summed E-state index contributed by atoms with van der Waals surface area (Å²) in [5.41, 5.74) is 0.944. The van der Waals surface area contributed by atoms with Crippen LogP contribution in [-0.4, -0.2) is 17.9 Å². The lowest BCUT2D eigenvalue weighted by molar-refractivity contribution is -0.131. The van der Waals surface area contributed by atoms with Gasteiger partial charge in [-0.3, -0.25) is 9.59 Å². The second-order valence-electron chi connectivity index (χ2n) is 5.76. The van der Waals surface area contributed by atoms with Crippen molar-refractivity contribution in [3.05, 3.63) is 41.7 Å². The van der Waals surface area contributed by atoms with E-state index in [9.17, 15) is 9.59 Å². The Hall–Kier alpha value is -2.30. The predicted octanol–water partition coefficient (Wildman–Crippen LogP) is 2.56. The van der Waals surface area contributed by atoms with E-state index >= 15 is 0 Å². The van der Waals surface area contributed by atoms with Crippen molar-refractivity contribution in [3.63, 3.8) is 0 Å². The number of ether oxygens (including phenoxy) is 2. The van der Waals surface area contributed by atoms with Gasteiger partial charge in [-0.15, -0.1) is 0 Å². The Morgan fingerprint density at radius 1 is 1.27 bits per heavy atom. The van der Waals surface area contributed by atoms with Gasteiger partial charge in [0.1, 0.15) is 18.1 Å². The van der Waals surface area contributed by atoms with Crippen LogP contribution in [0.15, 0.2) is 36.1 Å². The first-order chi connectivity index (χ1) is 10.4. The van der Waals surface area contributed by atoms with Crippen molar-refractivity contribution in [2.45, 2.75) is 39.8 Å². The van der Waals surface area contributed by atoms with Gasteiger partial charge in [-0.25, -0.2) is 0 Å². The molecule has 0 aliphatic carbocycles. The Labute approximate surface area is 130 Å². The van der Waals surface area contributed by atoms with Crippen LogP contribution in [-0.2, 0) is 20.9 Å². The predicted molar refractivity (Wildman–Crippen MR) is 82.0 cm³/mol. The molecule has 0 unspecified atom stereocenters. The molecule has 5 heteroatoms. The molecule has 0 aromatic heterocycles. The topological polar surface area (TPSA) is 64.6 Å². The average Bonchev–Trinajstić information content (AvgIpc) is 2.76. The van der Waals surface area contributed by atoms with Crippen molar-refractivity contribution < 1.29 is 19.1 Å². The smallest absolute Gasteiger partial charge is 0.308 e. The summed E-state index contributed by atoms with van der Waals surface area (Å²) in [6.07, 6.45) is 2.36. The van der Waals surface area contributed by atoms with E-state index in [-0.39, 0.29) is 17.9 Å². The standard InChI is InChI=1S/C17H21NO4/c1-11(2)8-15-16(9-17(20)18-15)21-10-13-4-6-14(7-5-13)22-12(3)19/h4-7,9,11,15H,8,10H2,1-3H3,(H,18,20)/t15-/m0/s1. The first kappa shape index (κ1) is 16.1. The molecular formula is C17H21NO4. The number of amides is 1. The molecule has 1 aromatic rings. The molecule has 0 bridgehead atoms. The van der Waals surface area contributed by atoms with E-state index in [2.05, 4.69) is 19.2 Å². The van der Waals surface area contributed by atoms with Gasteiger partial charge in [0.05, 0.1) is 6.04 Å². The van der Waals surface area contributed by atoms with Crippen molar-refractivity contribution >= 4 is 11.9 Å². The fourth-order valence-electron chi connectivity index (χ4n) is 2.29. The third-order valence-corrected chi connectivity index (χ3v) is 3.23. The zero-order valence-electron chi connectivity index (χ0n) is 13.1. The van der Waals surface area contributed by atoms with Crippen molar-refractivity contribution in [1.29, 1.82) is 0 Å². The van der Waals surface area contributed by atoms with Crippen LogP contribution in [0.25, 0.3) is 0 Å². The monoisotopic (exact) mass is 303 g/mol. The lowest BCUT2D eigenvalue weighted by atomic mass is 10.0. The van der Waals surface area contributed by atoms with E-state index in [1.165, 1.54) is 13.0 Å². The lowest BCUT2D eigenvalue weighted by Gasteiger charge is -2.18. The maximum absolute atomic E-state index is 11.5. The quantitative estimate of drug-likeness (QED) is 0.648. The van der Waals surface area contributed by atoms with Gasteiger partial charge in [0.25, 0.3) is 0 Å². The van der Waals surface area contributed by atoms with Crippen LogP contribution >= 0.6 is 0 Å². The molecule has 1 amide bonds. The van der Waals surface area contributed by atoms with Gasteiger partial charge in [0.15, 0.2) is 0 Å². The van der Waals surface area contributed by atoms with Crippen molar-refractivity contribution in [2.75, 3.05) is 0 Å². The van der Waals surface area contributed by atoms with Crippen molar-refractivity contribution in [1.82, 2.24) is 5.32 Å². The molecule has 1 atom stereocenters. The van der Waals surface area contributed by atoms with E-state index in [1.807, 2.05) is 12.1 Å². The number of nitrogens with one attached hydrogen (secondary N) is 1. The lowest BCUT2D eigenvalue weighted by Crippen LogP contribution is -2.30. The van der Waals surface area contributed by atoms with Crippen LogP contribution in [0.2, 0.25) is 0 Å². The normalized spacial score (nSPS) is 17.2. The van der Waals surface area contributed by atoms with Gasteiger partial charge < -0.3 is 14.8 Å². The molecule has 5 nitrogen and oxygen atoms in total. The Morgan fingerprint density at radius 3 is 2.55 bits per heavy atom. The number of carbonyl (C=O) groups excluding carboxylic acids is 2. The van der Waals surface area contributed by atoms with Crippen LogP contribution in [0, 0.1) is 5.92 Å². The average molecular weight is 303 g/mol. The number of rotatable bonds is 6. The highest BCUT2D eigenvalue weighted by Gasteiger charge is 2.25. The highest BCUT2D eigenvalue weighted by Crippen LogP contribution is 2.20. The summed E-state index contributed by atoms with van der Waals surface area (Å²) in [7, 11) is 0. The Balaban J connectivity index is 1.92. The maximum atomic E-state index is 11.5. The highest BCUT2D eigenvalue weighted by molar-refractivity contribution is 5.91. The largest absolute Gasteiger partial charge is 0.491 e. The summed E-state index contributed by atoms with van der Waals surface area (Å²) in [5, 5.41) is 2.89. The van der Waals surface area contributed by atoms with Crippen LogP contribution in [0.5, 0.6) is 5.75 Å². The third-order valence-electron chi connectivity index (χ3n) is 3.23. The zero-order valence-corrected chi connectivity index (χ0v) is 13.1. The number of hydrogen-bond acceptors (Lipinski definition) is 4. The summed E-state index contributed by atoms with van der Waals surface area (Å²) in [6, 6.07) is 7.06. The van der Waals surface area contributed by atoms with Crippen LogP contribution in [0.3, 0.4) is 0 Å². The van der Waals surface area contributed by atoms with E-state index in [4.69, 9.17) is 9.47 Å². The summed E-state index contributed by atoms with van der Waals surface area (Å²) >= 11 is 0. The Kier molecular flexibility index (Phi) is 5.20. The second-order valence-corrected chi connectivity index (χ2v) is 5.76. The molecule has 0 spiro atoms. The summed E-state index contributed by atoms with van der Waals surface area (Å²) in [4.78, 5) is 22.3. The van der Waals surface area contributed by atoms with E-state index in [0.29, 0.717) is 24.0 Å². The molecule has 1 N–H and O–H groups in total. The zero-order chi connectivity index (χ0) is 16.1. The fraction of sp³-hybridized carbons (Fsp3) is 0.412. The molecule has 1 aliphatic heterocycles. The van der Waals surface area contributed by atoms with Gasteiger partial charge in [-0.05, 0) is 30.0 Å². The molecule has 0 saturated carbocycles. The molecule has 22 heavy (non-hydrogen) atoms. The molecular weight excluding hydrogens is 282 g/mol. The molecule has 1 aliphatic rings. The number of hydrogen-bond donors (Lipinski definition) is 1. The minimum absolute atomic E-state index is 0.0483. The Bertz CT molecular complexity index is 575. The molecule has 0 fully saturated rings. The highest BCUT2D eigenvalue weighted by atomic mass is 16.5. The number of esters is 1. The van der Waals surface area contributed by atoms with Gasteiger partial charge in [0.2, 0.25) is 5.91 Å². The number of carbonyl (C=O) groups is 2. The molecule has 0 radical (unpaired) electrons. The summed E-state index contributed by atoms with van der Waals surface area (Å²) < 4.78 is 10.7. The van der Waals surface area contributed by atoms with E-state index < -0.39 is 0 Å². The molecule has 118 valence electrons. The molecule has 2 rings (SSSR count). The Morgan fingerprint density at radius 2 is 1.95 bits per heavy atom. The number of benzene rings is 1. The minimum Gasteiger partial charge on any atom is -0.491 e. The maximum Gasteiger partial charge on any atom is 0.308 e. The van der Waals surface area contributed by atoms with Gasteiger partial charge in [-0.1, -0.05) is 26.0 Å².